The Balaban J connectivity index is 1.54. The zero-order valence-electron chi connectivity index (χ0n) is 18.2. The van der Waals surface area contributed by atoms with Crippen LogP contribution in [0.2, 0.25) is 10.0 Å². The minimum Gasteiger partial charge on any atom is -0.487 e. The predicted molar refractivity (Wildman–Crippen MR) is 132 cm³/mol. The van der Waals surface area contributed by atoms with Crippen molar-refractivity contribution in [3.8, 4) is 5.75 Å². The number of hydrogen-bond donors (Lipinski definition) is 1. The van der Waals surface area contributed by atoms with Crippen LogP contribution in [0, 0.1) is 0 Å². The van der Waals surface area contributed by atoms with Crippen molar-refractivity contribution in [2.75, 3.05) is 4.90 Å². The lowest BCUT2D eigenvalue weighted by atomic mass is 10.1. The van der Waals surface area contributed by atoms with Crippen molar-refractivity contribution in [1.29, 1.82) is 0 Å². The third-order valence-electron chi connectivity index (χ3n) is 5.28. The Labute approximate surface area is 206 Å². The van der Waals surface area contributed by atoms with Gasteiger partial charge in [0.1, 0.15) is 17.9 Å². The highest BCUT2D eigenvalue weighted by molar-refractivity contribution is 6.39. The van der Waals surface area contributed by atoms with Gasteiger partial charge in [0.25, 0.3) is 11.8 Å². The Bertz CT molecular complexity index is 1290. The van der Waals surface area contributed by atoms with Gasteiger partial charge in [0.15, 0.2) is 0 Å². The van der Waals surface area contributed by atoms with Crippen LogP contribution in [0.15, 0.2) is 72.3 Å². The zero-order valence-corrected chi connectivity index (χ0v) is 19.7. The molecule has 4 amide bonds. The van der Waals surface area contributed by atoms with Crippen molar-refractivity contribution in [2.24, 2.45) is 0 Å². The lowest BCUT2D eigenvalue weighted by Crippen LogP contribution is -2.54. The average Bonchev–Trinajstić information content (AvgIpc) is 2.82. The molecule has 1 fully saturated rings. The van der Waals surface area contributed by atoms with E-state index in [9.17, 15) is 14.4 Å². The van der Waals surface area contributed by atoms with Crippen molar-refractivity contribution in [3.63, 3.8) is 0 Å². The topological polar surface area (TPSA) is 75.7 Å². The maximum atomic E-state index is 13.0. The first kappa shape index (κ1) is 23.5. The molecule has 0 unspecified atom stereocenters. The van der Waals surface area contributed by atoms with Gasteiger partial charge < -0.3 is 4.74 Å². The van der Waals surface area contributed by atoms with Gasteiger partial charge in [0.2, 0.25) is 0 Å². The molecule has 34 heavy (non-hydrogen) atoms. The van der Waals surface area contributed by atoms with Gasteiger partial charge >= 0.3 is 6.03 Å². The van der Waals surface area contributed by atoms with E-state index >= 15 is 0 Å². The molecule has 0 spiro atoms. The molecule has 0 radical (unpaired) electrons. The number of carbonyl (C=O) groups is 3. The highest BCUT2D eigenvalue weighted by atomic mass is 35.5. The Morgan fingerprint density at radius 3 is 2.24 bits per heavy atom. The Hall–Kier alpha value is -3.61. The quantitative estimate of drug-likeness (QED) is 0.347. The fourth-order valence-corrected chi connectivity index (χ4v) is 3.77. The van der Waals surface area contributed by atoms with Gasteiger partial charge in [-0.15, -0.1) is 0 Å². The number of halogens is 2. The van der Waals surface area contributed by atoms with Crippen LogP contribution in [0.5, 0.6) is 5.75 Å². The second-order valence-corrected chi connectivity index (χ2v) is 8.43. The smallest absolute Gasteiger partial charge is 0.335 e. The minimum absolute atomic E-state index is 0.176. The van der Waals surface area contributed by atoms with E-state index in [1.807, 2.05) is 31.2 Å². The number of anilines is 1. The number of urea groups is 1. The van der Waals surface area contributed by atoms with Crippen LogP contribution in [0.1, 0.15) is 23.6 Å². The minimum atomic E-state index is -0.791. The zero-order chi connectivity index (χ0) is 24.2. The molecule has 1 N–H and O–H groups in total. The third-order valence-corrected chi connectivity index (χ3v) is 5.83. The van der Waals surface area contributed by atoms with Gasteiger partial charge in [-0.3, -0.25) is 14.9 Å². The summed E-state index contributed by atoms with van der Waals surface area (Å²) in [6.45, 7) is 2.30. The van der Waals surface area contributed by atoms with Crippen LogP contribution in [0.3, 0.4) is 0 Å². The van der Waals surface area contributed by atoms with Crippen molar-refractivity contribution in [1.82, 2.24) is 5.32 Å². The van der Waals surface area contributed by atoms with Crippen LogP contribution in [-0.4, -0.2) is 17.8 Å². The van der Waals surface area contributed by atoms with E-state index in [-0.39, 0.29) is 5.57 Å². The molecule has 1 aliphatic heterocycles. The van der Waals surface area contributed by atoms with E-state index < -0.39 is 17.8 Å². The number of imide groups is 2. The molecule has 1 saturated heterocycles. The summed E-state index contributed by atoms with van der Waals surface area (Å²) < 4.78 is 5.76. The molecule has 1 heterocycles. The Kier molecular flexibility index (Phi) is 7.01. The Morgan fingerprint density at radius 2 is 1.59 bits per heavy atom. The number of amides is 4. The molecular weight excluding hydrogens is 475 g/mol. The number of aryl methyl sites for hydroxylation is 1. The summed E-state index contributed by atoms with van der Waals surface area (Å²) in [6, 6.07) is 18.4. The summed E-state index contributed by atoms with van der Waals surface area (Å²) in [5, 5.41) is 3.17. The fraction of sp³-hybridized carbons (Fsp3) is 0.115. The highest BCUT2D eigenvalue weighted by Gasteiger charge is 2.36. The molecule has 0 bridgehead atoms. The third kappa shape index (κ3) is 5.14. The van der Waals surface area contributed by atoms with Crippen molar-refractivity contribution < 1.29 is 19.1 Å². The summed E-state index contributed by atoms with van der Waals surface area (Å²) in [6.07, 6.45) is 2.22. The molecule has 3 aromatic carbocycles. The van der Waals surface area contributed by atoms with Crippen LogP contribution in [0.4, 0.5) is 10.5 Å². The number of barbiturate groups is 1. The summed E-state index contributed by atoms with van der Waals surface area (Å²) in [5.41, 5.74) is 2.70. The van der Waals surface area contributed by atoms with E-state index in [1.54, 1.807) is 42.5 Å². The van der Waals surface area contributed by atoms with Crippen LogP contribution in [0.25, 0.3) is 6.08 Å². The van der Waals surface area contributed by atoms with Crippen molar-refractivity contribution >= 4 is 52.8 Å². The van der Waals surface area contributed by atoms with E-state index in [2.05, 4.69) is 5.32 Å². The van der Waals surface area contributed by atoms with Crippen LogP contribution < -0.4 is 15.0 Å². The molecule has 4 rings (SSSR count). The number of carbonyl (C=O) groups excluding carboxylic acids is 3. The number of nitrogens with one attached hydrogen (secondary N) is 1. The Morgan fingerprint density at radius 1 is 0.912 bits per heavy atom. The van der Waals surface area contributed by atoms with E-state index in [0.717, 1.165) is 22.4 Å². The van der Waals surface area contributed by atoms with Crippen LogP contribution >= 0.6 is 23.2 Å². The van der Waals surface area contributed by atoms with Crippen molar-refractivity contribution in [2.45, 2.75) is 20.0 Å². The number of benzene rings is 3. The van der Waals surface area contributed by atoms with E-state index in [0.29, 0.717) is 33.7 Å². The first-order valence-corrected chi connectivity index (χ1v) is 11.3. The molecule has 3 aromatic rings. The van der Waals surface area contributed by atoms with Gasteiger partial charge in [-0.25, -0.2) is 9.69 Å². The predicted octanol–water partition coefficient (Wildman–Crippen LogP) is 5.80. The molecule has 8 heteroatoms. The highest BCUT2D eigenvalue weighted by Crippen LogP contribution is 2.29. The second kappa shape index (κ2) is 10.1. The van der Waals surface area contributed by atoms with Crippen molar-refractivity contribution in [3.05, 3.63) is 99.0 Å². The maximum absolute atomic E-state index is 13.0. The van der Waals surface area contributed by atoms with Gasteiger partial charge in [-0.1, -0.05) is 60.5 Å². The molecule has 0 saturated carbocycles. The lowest BCUT2D eigenvalue weighted by Gasteiger charge is -2.26. The second-order valence-electron chi connectivity index (χ2n) is 7.58. The number of nitrogens with zero attached hydrogens (tertiary/aromatic N) is 1. The van der Waals surface area contributed by atoms with Crippen LogP contribution in [-0.2, 0) is 22.6 Å². The van der Waals surface area contributed by atoms with Gasteiger partial charge in [-0.2, -0.15) is 0 Å². The van der Waals surface area contributed by atoms with Gasteiger partial charge in [0, 0.05) is 5.02 Å². The molecule has 1 aliphatic rings. The van der Waals surface area contributed by atoms with E-state index in [4.69, 9.17) is 27.9 Å². The monoisotopic (exact) mass is 494 g/mol. The number of rotatable bonds is 6. The van der Waals surface area contributed by atoms with Gasteiger partial charge in [0.05, 0.1) is 10.7 Å². The molecule has 0 aromatic heterocycles. The molecule has 0 aliphatic carbocycles. The molecule has 172 valence electrons. The first-order valence-electron chi connectivity index (χ1n) is 10.5. The molecule has 0 atom stereocenters. The van der Waals surface area contributed by atoms with Gasteiger partial charge in [-0.05, 0) is 65.6 Å². The largest absolute Gasteiger partial charge is 0.487 e. The lowest BCUT2D eigenvalue weighted by molar-refractivity contribution is -0.122. The summed E-state index contributed by atoms with van der Waals surface area (Å²) in [7, 11) is 0. The average molecular weight is 495 g/mol. The fourth-order valence-electron chi connectivity index (χ4n) is 3.40. The summed E-state index contributed by atoms with van der Waals surface area (Å²) in [4.78, 5) is 38.8. The summed E-state index contributed by atoms with van der Waals surface area (Å²) >= 11 is 12.3. The number of hydrogen-bond acceptors (Lipinski definition) is 4. The number of ether oxygens (including phenoxy) is 1. The SMILES string of the molecule is CCc1ccc(N2C(=O)NC(=O)/C(=C\c3ccc(OCc4ccc(Cl)cc4)c(Cl)c3)C2=O)cc1. The molecule has 6 nitrogen and oxygen atoms in total. The maximum Gasteiger partial charge on any atom is 0.335 e. The molecular formula is C26H20Cl2N2O4. The standard InChI is InChI=1S/C26H20Cl2N2O4/c1-2-16-5-10-20(11-6-16)30-25(32)21(24(31)29-26(30)33)13-18-7-12-23(22(28)14-18)34-15-17-3-8-19(27)9-4-17/h3-14H,2,15H2,1H3,(H,29,31,33)/b21-13+. The first-order chi connectivity index (χ1) is 16.4. The van der Waals surface area contributed by atoms with E-state index in [1.165, 1.54) is 6.08 Å². The summed E-state index contributed by atoms with van der Waals surface area (Å²) in [5.74, 6) is -1.03. The normalized spacial score (nSPS) is 15.0.